The van der Waals surface area contributed by atoms with Crippen LogP contribution in [-0.2, 0) is 27.8 Å². The van der Waals surface area contributed by atoms with Gasteiger partial charge < -0.3 is 29.0 Å². The molecule has 2 heterocycles. The van der Waals surface area contributed by atoms with E-state index in [4.69, 9.17) is 53.8 Å². The van der Waals surface area contributed by atoms with E-state index in [1.807, 2.05) is 54.6 Å². The predicted octanol–water partition coefficient (Wildman–Crippen LogP) is 9.29. The van der Waals surface area contributed by atoms with Gasteiger partial charge in [-0.05, 0) is 35.9 Å². The van der Waals surface area contributed by atoms with Crippen molar-refractivity contribution in [1.29, 1.82) is 0 Å². The molecule has 1 N–H and O–H groups in total. The maximum Gasteiger partial charge on any atom is 0.409 e. The molecule has 17 heteroatoms. The minimum Gasteiger partial charge on any atom is -0.492 e. The molecule has 0 aliphatic carbocycles. The number of hydrogen-bond donors (Lipinski definition) is 1. The molecule has 3 aromatic carbocycles. The van der Waals surface area contributed by atoms with Crippen LogP contribution in [0.1, 0.15) is 21.5 Å². The van der Waals surface area contributed by atoms with Crippen LogP contribution in [0.25, 0.3) is 22.3 Å². The van der Waals surface area contributed by atoms with Crippen LogP contribution in [-0.4, -0.2) is 88.0 Å². The Morgan fingerprint density at radius 2 is 1.51 bits per heavy atom. The smallest absolute Gasteiger partial charge is 0.409 e. The number of aldehydes is 1. The van der Waals surface area contributed by atoms with Crippen molar-refractivity contribution in [2.24, 2.45) is 0 Å². The number of carbonyl (C=O) groups is 2. The second-order valence-corrected chi connectivity index (χ2v) is 23.4. The molecule has 0 atom stereocenters. The summed E-state index contributed by atoms with van der Waals surface area (Å²) < 4.78 is 47.0. The lowest BCUT2D eigenvalue weighted by Gasteiger charge is -2.22. The van der Waals surface area contributed by atoms with Gasteiger partial charge in [0.25, 0.3) is 0 Å². The molecule has 59 heavy (non-hydrogen) atoms. The fraction of sp³-hybridized carbons (Fsp3) is 0.286. The Hall–Kier alpha value is -4.70. The van der Waals surface area contributed by atoms with E-state index in [-0.39, 0.29) is 66.8 Å². The zero-order valence-corrected chi connectivity index (χ0v) is 37.0. The second-order valence-electron chi connectivity index (χ2n) is 14.6. The highest BCUT2D eigenvalue weighted by atomic mass is 35.5. The Morgan fingerprint density at radius 3 is 2.19 bits per heavy atom. The summed E-state index contributed by atoms with van der Waals surface area (Å²) in [6, 6.07) is 22.2. The number of sulfone groups is 1. The molecule has 0 fully saturated rings. The zero-order chi connectivity index (χ0) is 42.7. The minimum atomic E-state index is -3.49. The summed E-state index contributed by atoms with van der Waals surface area (Å²) in [6.45, 7) is 7.24. The third-order valence-corrected chi connectivity index (χ3v) is 12.8. The van der Waals surface area contributed by atoms with E-state index < -0.39 is 24.0 Å². The number of hydrogen-bond acceptors (Lipinski definition) is 11. The molecular formula is C42H44Cl3N3O9SSi. The molecule has 1 amide bonds. The summed E-state index contributed by atoms with van der Waals surface area (Å²) in [4.78, 5) is 34.1. The third kappa shape index (κ3) is 12.6. The number of rotatable bonds is 19. The van der Waals surface area contributed by atoms with E-state index in [1.165, 1.54) is 29.4 Å². The summed E-state index contributed by atoms with van der Waals surface area (Å²) in [5.41, 5.74) is 4.07. The number of aliphatic hydroxyl groups excluding tert-OH is 1. The first-order chi connectivity index (χ1) is 28.1. The van der Waals surface area contributed by atoms with Crippen LogP contribution in [0.4, 0.5) is 4.79 Å². The van der Waals surface area contributed by atoms with Crippen molar-refractivity contribution < 1.29 is 42.1 Å². The molecular weight excluding hydrogens is 857 g/mol. The van der Waals surface area contributed by atoms with Crippen LogP contribution in [0.5, 0.6) is 17.5 Å². The fourth-order valence-electron chi connectivity index (χ4n) is 5.63. The Labute approximate surface area is 359 Å². The van der Waals surface area contributed by atoms with Crippen LogP contribution in [0, 0.1) is 0 Å². The molecule has 0 aliphatic heterocycles. The number of nitrogens with zero attached hydrogens (tertiary/aromatic N) is 3. The summed E-state index contributed by atoms with van der Waals surface area (Å²) in [5.74, 6) is 0.516. The molecule has 0 saturated heterocycles. The summed E-state index contributed by atoms with van der Waals surface area (Å²) in [7, 11) is -4.84. The van der Waals surface area contributed by atoms with Gasteiger partial charge in [0, 0.05) is 61.1 Å². The average Bonchev–Trinajstić information content (AvgIpc) is 3.19. The molecule has 0 aliphatic rings. The lowest BCUT2D eigenvalue weighted by molar-refractivity contribution is 0.0915. The van der Waals surface area contributed by atoms with E-state index in [1.54, 1.807) is 6.07 Å². The Balaban J connectivity index is 1.25. The third-order valence-electron chi connectivity index (χ3n) is 8.87. The summed E-state index contributed by atoms with van der Waals surface area (Å²) in [6.07, 6.45) is 3.83. The highest BCUT2D eigenvalue weighted by Crippen LogP contribution is 2.41. The number of carbonyl (C=O) groups excluding carboxylic acids is 2. The number of aromatic nitrogens is 2. The molecule has 12 nitrogen and oxygen atoms in total. The van der Waals surface area contributed by atoms with Crippen molar-refractivity contribution in [1.82, 2.24) is 14.9 Å². The lowest BCUT2D eigenvalue weighted by Crippen LogP contribution is -2.38. The quantitative estimate of drug-likeness (QED) is 0.0623. The van der Waals surface area contributed by atoms with Gasteiger partial charge in [-0.15, -0.1) is 0 Å². The van der Waals surface area contributed by atoms with Crippen LogP contribution in [0.3, 0.4) is 0 Å². The van der Waals surface area contributed by atoms with Gasteiger partial charge in [-0.2, -0.15) is 4.98 Å². The summed E-state index contributed by atoms with van der Waals surface area (Å²) >= 11 is 20.4. The van der Waals surface area contributed by atoms with Crippen LogP contribution < -0.4 is 14.2 Å². The number of aliphatic hydroxyl groups is 1. The van der Waals surface area contributed by atoms with Gasteiger partial charge >= 0.3 is 6.09 Å². The fourth-order valence-corrected chi connectivity index (χ4v) is 7.80. The SMILES string of the molecule is C[Si](C)(C)CCOC(=O)N(CCO)CCOc1ccc(-c2cccc(-c3cccc(COc4nc(OCc5cncc(S(C)(=O)=O)c5)c(C=O)cc4Cl)c3Cl)c2Cl)cc1. The van der Waals surface area contributed by atoms with E-state index in [2.05, 4.69) is 29.6 Å². The normalized spacial score (nSPS) is 11.5. The van der Waals surface area contributed by atoms with E-state index >= 15 is 0 Å². The van der Waals surface area contributed by atoms with Crippen molar-refractivity contribution >= 4 is 65.1 Å². The summed E-state index contributed by atoms with van der Waals surface area (Å²) in [5, 5.41) is 10.4. The zero-order valence-electron chi connectivity index (χ0n) is 32.9. The number of ether oxygens (including phenoxy) is 4. The molecule has 2 aromatic heterocycles. The molecule has 0 spiro atoms. The first-order valence-electron chi connectivity index (χ1n) is 18.5. The van der Waals surface area contributed by atoms with Gasteiger partial charge in [-0.25, -0.2) is 13.2 Å². The molecule has 312 valence electrons. The van der Waals surface area contributed by atoms with Crippen LogP contribution in [0.2, 0.25) is 40.8 Å². The van der Waals surface area contributed by atoms with Gasteiger partial charge in [0.1, 0.15) is 30.6 Å². The number of pyridine rings is 2. The molecule has 0 saturated carbocycles. The number of benzene rings is 3. The van der Waals surface area contributed by atoms with Gasteiger partial charge in [0.15, 0.2) is 16.1 Å². The topological polar surface area (TPSA) is 154 Å². The Kier molecular flexibility index (Phi) is 15.8. The predicted molar refractivity (Wildman–Crippen MR) is 232 cm³/mol. The standard InChI is InChI=1S/C42H44Cl3N3O9SSi/c1-58(52,53)33-21-28(23-46-24-33)26-56-40-31(25-50)22-37(43)41(47-40)57-27-30-7-5-9-35(38(30)44)36-10-6-8-34(39(36)45)29-11-13-32(14-12-29)54-18-16-48(15-17-49)42(51)55-19-20-59(2,3)4/h5-14,21-25,49H,15-20,26-27H2,1-4H3. The largest absolute Gasteiger partial charge is 0.492 e. The monoisotopic (exact) mass is 899 g/mol. The van der Waals surface area contributed by atoms with Crippen molar-refractivity contribution in [3.05, 3.63) is 117 Å². The molecule has 0 bridgehead atoms. The minimum absolute atomic E-state index is 0.0120. The lowest BCUT2D eigenvalue weighted by atomic mass is 9.97. The number of amides is 1. The van der Waals surface area contributed by atoms with Crippen molar-refractivity contribution in [2.45, 2.75) is 43.8 Å². The Morgan fingerprint density at radius 1 is 0.831 bits per heavy atom. The van der Waals surface area contributed by atoms with Crippen molar-refractivity contribution in [3.63, 3.8) is 0 Å². The van der Waals surface area contributed by atoms with Gasteiger partial charge in [-0.1, -0.05) is 103 Å². The molecule has 0 radical (unpaired) electrons. The number of halogens is 3. The van der Waals surface area contributed by atoms with E-state index in [0.29, 0.717) is 50.9 Å². The van der Waals surface area contributed by atoms with Crippen LogP contribution in [0.15, 0.2) is 90.1 Å². The van der Waals surface area contributed by atoms with Gasteiger partial charge in [0.05, 0.1) is 40.3 Å². The van der Waals surface area contributed by atoms with Gasteiger partial charge in [0.2, 0.25) is 11.8 Å². The maximum atomic E-state index is 12.6. The molecule has 5 rings (SSSR count). The first kappa shape index (κ1) is 45.4. The van der Waals surface area contributed by atoms with Crippen molar-refractivity contribution in [3.8, 4) is 39.8 Å². The first-order valence-corrected chi connectivity index (χ1v) is 25.2. The Bertz CT molecular complexity index is 2380. The van der Waals surface area contributed by atoms with Crippen molar-refractivity contribution in [2.75, 3.05) is 39.2 Å². The van der Waals surface area contributed by atoms with Gasteiger partial charge in [-0.3, -0.25) is 9.78 Å². The average molecular weight is 901 g/mol. The highest BCUT2D eigenvalue weighted by Gasteiger charge is 2.20. The highest BCUT2D eigenvalue weighted by molar-refractivity contribution is 7.90. The van der Waals surface area contributed by atoms with Crippen LogP contribution >= 0.6 is 34.8 Å². The molecule has 5 aromatic rings. The van der Waals surface area contributed by atoms with E-state index in [0.717, 1.165) is 23.4 Å². The second kappa shape index (κ2) is 20.5. The molecule has 0 unspecified atom stereocenters. The maximum absolute atomic E-state index is 12.6. The van der Waals surface area contributed by atoms with E-state index in [9.17, 15) is 23.1 Å².